The third-order valence-electron chi connectivity index (χ3n) is 4.63. The summed E-state index contributed by atoms with van der Waals surface area (Å²) < 4.78 is 0. The Balaban J connectivity index is 1.81. The van der Waals surface area contributed by atoms with Crippen LogP contribution in [0.1, 0.15) is 31.4 Å². The van der Waals surface area contributed by atoms with Gasteiger partial charge in [-0.2, -0.15) is 0 Å². The van der Waals surface area contributed by atoms with Crippen LogP contribution in [0.2, 0.25) is 0 Å². The first kappa shape index (κ1) is 17.0. The van der Waals surface area contributed by atoms with Crippen LogP contribution in [0.15, 0.2) is 24.3 Å². The Morgan fingerprint density at radius 3 is 2.55 bits per heavy atom. The number of amides is 1. The highest BCUT2D eigenvalue weighted by Crippen LogP contribution is 2.19. The highest BCUT2D eigenvalue weighted by Gasteiger charge is 2.27. The van der Waals surface area contributed by atoms with Gasteiger partial charge in [0.25, 0.3) is 0 Å². The number of nitrogens with zero attached hydrogens (tertiary/aromatic N) is 2. The lowest BCUT2D eigenvalue weighted by molar-refractivity contribution is -0.131. The molecule has 2 rings (SSSR count). The molecule has 1 N–H and O–H groups in total. The molecule has 122 valence electrons. The minimum atomic E-state index is -0.282. The Hall–Kier alpha value is -1.39. The van der Waals surface area contributed by atoms with Crippen molar-refractivity contribution < 1.29 is 9.90 Å². The molecule has 2 unspecified atom stereocenters. The molecule has 22 heavy (non-hydrogen) atoms. The third kappa shape index (κ3) is 4.55. The van der Waals surface area contributed by atoms with Gasteiger partial charge in [-0.3, -0.25) is 9.69 Å². The molecule has 0 aromatic heterocycles. The number of hydrogen-bond donors (Lipinski definition) is 1. The van der Waals surface area contributed by atoms with E-state index in [1.54, 1.807) is 4.90 Å². The van der Waals surface area contributed by atoms with Crippen LogP contribution < -0.4 is 0 Å². The van der Waals surface area contributed by atoms with Gasteiger partial charge in [-0.05, 0) is 43.4 Å². The molecule has 1 fully saturated rings. The van der Waals surface area contributed by atoms with E-state index in [0.717, 1.165) is 31.5 Å². The maximum atomic E-state index is 12.3. The monoisotopic (exact) mass is 304 g/mol. The molecule has 0 radical (unpaired) electrons. The molecule has 1 saturated heterocycles. The van der Waals surface area contributed by atoms with Crippen molar-refractivity contribution in [1.82, 2.24) is 9.80 Å². The summed E-state index contributed by atoms with van der Waals surface area (Å²) in [6, 6.07) is 8.45. The van der Waals surface area contributed by atoms with E-state index in [1.165, 1.54) is 5.56 Å². The molecule has 1 aromatic rings. The van der Waals surface area contributed by atoms with Crippen LogP contribution in [-0.2, 0) is 17.8 Å². The van der Waals surface area contributed by atoms with Gasteiger partial charge < -0.3 is 10.0 Å². The quantitative estimate of drug-likeness (QED) is 0.873. The van der Waals surface area contributed by atoms with Crippen molar-refractivity contribution in [1.29, 1.82) is 0 Å². The number of likely N-dealkylation sites (tertiary alicyclic amines) is 1. The van der Waals surface area contributed by atoms with Gasteiger partial charge in [0.05, 0.1) is 12.6 Å². The summed E-state index contributed by atoms with van der Waals surface area (Å²) >= 11 is 0. The Bertz CT molecular complexity index is 484. The number of benzene rings is 1. The minimum absolute atomic E-state index is 0.144. The molecule has 1 heterocycles. The predicted octanol–water partition coefficient (Wildman–Crippen LogP) is 1.91. The number of carbonyl (C=O) groups excluding carboxylic acids is 1. The molecule has 0 aliphatic carbocycles. The zero-order valence-corrected chi connectivity index (χ0v) is 14.0. The predicted molar refractivity (Wildman–Crippen MR) is 88.5 cm³/mol. The summed E-state index contributed by atoms with van der Waals surface area (Å²) in [5.41, 5.74) is 2.48. The molecule has 1 aliphatic heterocycles. The van der Waals surface area contributed by atoms with Crippen molar-refractivity contribution in [2.24, 2.45) is 5.92 Å². The first-order valence-electron chi connectivity index (χ1n) is 8.21. The van der Waals surface area contributed by atoms with E-state index in [9.17, 15) is 9.90 Å². The SMILES string of the molecule is CCc1ccc(CN(C)C(=O)CN2CCC(C(C)O)C2)cc1. The molecule has 4 heteroatoms. The van der Waals surface area contributed by atoms with Gasteiger partial charge in [0.2, 0.25) is 5.91 Å². The Morgan fingerprint density at radius 1 is 1.36 bits per heavy atom. The first-order chi connectivity index (χ1) is 10.5. The summed E-state index contributed by atoms with van der Waals surface area (Å²) in [4.78, 5) is 16.3. The van der Waals surface area contributed by atoms with Crippen LogP contribution in [0.3, 0.4) is 0 Å². The molecule has 0 saturated carbocycles. The number of aliphatic hydroxyl groups is 1. The summed E-state index contributed by atoms with van der Waals surface area (Å²) in [5.74, 6) is 0.450. The van der Waals surface area contributed by atoms with Crippen molar-refractivity contribution in [2.75, 3.05) is 26.7 Å². The topological polar surface area (TPSA) is 43.8 Å². The second kappa shape index (κ2) is 7.75. The van der Waals surface area contributed by atoms with Crippen LogP contribution >= 0.6 is 0 Å². The lowest BCUT2D eigenvalue weighted by Gasteiger charge is -2.22. The smallest absolute Gasteiger partial charge is 0.236 e. The summed E-state index contributed by atoms with van der Waals surface area (Å²) in [6.07, 6.45) is 1.73. The van der Waals surface area contributed by atoms with Crippen molar-refractivity contribution >= 4 is 5.91 Å². The van der Waals surface area contributed by atoms with Gasteiger partial charge in [0, 0.05) is 20.1 Å². The summed E-state index contributed by atoms with van der Waals surface area (Å²) in [7, 11) is 1.86. The van der Waals surface area contributed by atoms with E-state index in [1.807, 2.05) is 14.0 Å². The molecule has 4 nitrogen and oxygen atoms in total. The number of aliphatic hydroxyl groups excluding tert-OH is 1. The zero-order valence-electron chi connectivity index (χ0n) is 14.0. The molecule has 1 aromatic carbocycles. The first-order valence-corrected chi connectivity index (χ1v) is 8.21. The summed E-state index contributed by atoms with van der Waals surface area (Å²) in [5, 5.41) is 9.63. The normalized spacial score (nSPS) is 20.1. The zero-order chi connectivity index (χ0) is 16.1. The second-order valence-corrected chi connectivity index (χ2v) is 6.44. The van der Waals surface area contributed by atoms with Crippen LogP contribution in [0.4, 0.5) is 0 Å². The van der Waals surface area contributed by atoms with Crippen LogP contribution in [0.5, 0.6) is 0 Å². The molecular weight excluding hydrogens is 276 g/mol. The fraction of sp³-hybridized carbons (Fsp3) is 0.611. The average Bonchev–Trinajstić information content (AvgIpc) is 2.96. The van der Waals surface area contributed by atoms with E-state index in [-0.39, 0.29) is 12.0 Å². The van der Waals surface area contributed by atoms with Crippen molar-refractivity contribution in [3.63, 3.8) is 0 Å². The van der Waals surface area contributed by atoms with E-state index < -0.39 is 0 Å². The molecule has 1 aliphatic rings. The molecule has 1 amide bonds. The largest absolute Gasteiger partial charge is 0.393 e. The van der Waals surface area contributed by atoms with E-state index in [4.69, 9.17) is 0 Å². The maximum Gasteiger partial charge on any atom is 0.236 e. The third-order valence-corrected chi connectivity index (χ3v) is 4.63. The molecular formula is C18H28N2O2. The number of carbonyl (C=O) groups is 1. The van der Waals surface area contributed by atoms with Crippen molar-refractivity contribution in [3.05, 3.63) is 35.4 Å². The second-order valence-electron chi connectivity index (χ2n) is 6.44. The molecule has 0 spiro atoms. The summed E-state index contributed by atoms with van der Waals surface area (Å²) in [6.45, 7) is 6.80. The fourth-order valence-corrected chi connectivity index (χ4v) is 2.95. The maximum absolute atomic E-state index is 12.3. The lowest BCUT2D eigenvalue weighted by atomic mass is 10.0. The fourth-order valence-electron chi connectivity index (χ4n) is 2.95. The highest BCUT2D eigenvalue weighted by atomic mass is 16.3. The van der Waals surface area contributed by atoms with Crippen LogP contribution in [0, 0.1) is 5.92 Å². The van der Waals surface area contributed by atoms with E-state index in [2.05, 4.69) is 36.1 Å². The van der Waals surface area contributed by atoms with Crippen LogP contribution in [0.25, 0.3) is 0 Å². The van der Waals surface area contributed by atoms with Crippen molar-refractivity contribution in [2.45, 2.75) is 39.3 Å². The standard InChI is InChI=1S/C18H28N2O2/c1-4-15-5-7-16(8-6-15)11-19(3)18(22)13-20-10-9-17(12-20)14(2)21/h5-8,14,17,21H,4,9-13H2,1-3H3. The lowest BCUT2D eigenvalue weighted by Crippen LogP contribution is -2.37. The van der Waals surface area contributed by atoms with E-state index in [0.29, 0.717) is 19.0 Å². The van der Waals surface area contributed by atoms with Gasteiger partial charge in [0.1, 0.15) is 0 Å². The number of hydrogen-bond acceptors (Lipinski definition) is 3. The number of aryl methyl sites for hydroxylation is 1. The van der Waals surface area contributed by atoms with Gasteiger partial charge >= 0.3 is 0 Å². The Morgan fingerprint density at radius 2 is 2.00 bits per heavy atom. The van der Waals surface area contributed by atoms with Gasteiger partial charge in [-0.15, -0.1) is 0 Å². The number of rotatable bonds is 6. The van der Waals surface area contributed by atoms with Gasteiger partial charge in [-0.25, -0.2) is 0 Å². The molecule has 2 atom stereocenters. The van der Waals surface area contributed by atoms with E-state index >= 15 is 0 Å². The highest BCUT2D eigenvalue weighted by molar-refractivity contribution is 5.78. The number of likely N-dealkylation sites (N-methyl/N-ethyl adjacent to an activating group) is 1. The van der Waals surface area contributed by atoms with Crippen LogP contribution in [-0.4, -0.2) is 53.6 Å². The Kier molecular flexibility index (Phi) is 5.98. The minimum Gasteiger partial charge on any atom is -0.393 e. The average molecular weight is 304 g/mol. The Labute approximate surface area is 133 Å². The van der Waals surface area contributed by atoms with Crippen molar-refractivity contribution in [3.8, 4) is 0 Å². The van der Waals surface area contributed by atoms with Gasteiger partial charge in [-0.1, -0.05) is 31.2 Å². The van der Waals surface area contributed by atoms with Gasteiger partial charge in [0.15, 0.2) is 0 Å². The molecule has 0 bridgehead atoms.